The zero-order chi connectivity index (χ0) is 21.5. The Bertz CT molecular complexity index is 1220. The molecule has 1 aliphatic heterocycles. The van der Waals surface area contributed by atoms with E-state index in [1.807, 2.05) is 13.0 Å². The Labute approximate surface area is 181 Å². The SMILES string of the molecule is C=C[C@@H]1c2ccc(Cl)cc2N(S(=O)(=O)c2ccc(C)cc2)[C@H]1C(=O)c1ccccc1. The molecular weight excluding hydrogens is 418 g/mol. The molecule has 1 heterocycles. The third-order valence-corrected chi connectivity index (χ3v) is 7.39. The number of hydrogen-bond donors (Lipinski definition) is 0. The van der Waals surface area contributed by atoms with Crippen LogP contribution in [0.1, 0.15) is 27.4 Å². The minimum Gasteiger partial charge on any atom is -0.292 e. The van der Waals surface area contributed by atoms with Gasteiger partial charge in [-0.1, -0.05) is 71.8 Å². The molecule has 4 nitrogen and oxygen atoms in total. The summed E-state index contributed by atoms with van der Waals surface area (Å²) in [4.78, 5) is 13.6. The molecule has 6 heteroatoms. The summed E-state index contributed by atoms with van der Waals surface area (Å²) in [5.41, 5.74) is 2.50. The maximum absolute atomic E-state index is 13.7. The molecule has 3 aromatic rings. The van der Waals surface area contributed by atoms with E-state index in [1.165, 1.54) is 4.31 Å². The lowest BCUT2D eigenvalue weighted by molar-refractivity contribution is 0.0961. The molecular formula is C24H20ClNO3S. The number of aryl methyl sites for hydroxylation is 1. The fraction of sp³-hybridized carbons (Fsp3) is 0.125. The van der Waals surface area contributed by atoms with E-state index in [-0.39, 0.29) is 10.7 Å². The molecule has 0 saturated heterocycles. The summed E-state index contributed by atoms with van der Waals surface area (Å²) in [5.74, 6) is -0.784. The fourth-order valence-corrected chi connectivity index (χ4v) is 5.67. The van der Waals surface area contributed by atoms with E-state index >= 15 is 0 Å². The van der Waals surface area contributed by atoms with Crippen LogP contribution in [0.25, 0.3) is 0 Å². The Kier molecular flexibility index (Phi) is 5.26. The van der Waals surface area contributed by atoms with Crippen molar-refractivity contribution in [1.82, 2.24) is 0 Å². The summed E-state index contributed by atoms with van der Waals surface area (Å²) in [7, 11) is -4.02. The van der Waals surface area contributed by atoms with Gasteiger partial charge < -0.3 is 0 Å². The molecule has 0 spiro atoms. The van der Waals surface area contributed by atoms with Gasteiger partial charge in [0.15, 0.2) is 5.78 Å². The number of nitrogens with zero attached hydrogens (tertiary/aromatic N) is 1. The van der Waals surface area contributed by atoms with Crippen molar-refractivity contribution >= 4 is 33.1 Å². The second-order valence-corrected chi connectivity index (χ2v) is 9.51. The van der Waals surface area contributed by atoms with E-state index in [4.69, 9.17) is 11.6 Å². The van der Waals surface area contributed by atoms with Crippen LogP contribution in [-0.2, 0) is 10.0 Å². The molecule has 3 aromatic carbocycles. The Hall–Kier alpha value is -2.89. The van der Waals surface area contributed by atoms with Gasteiger partial charge in [0.25, 0.3) is 10.0 Å². The van der Waals surface area contributed by atoms with Crippen LogP contribution in [-0.4, -0.2) is 20.2 Å². The standard InChI is InChI=1S/C24H20ClNO3S/c1-3-20-21-14-11-18(25)15-22(21)26(23(20)24(27)17-7-5-4-6-8-17)30(28,29)19-12-9-16(2)10-13-19/h3-15,20,23H,1H2,2H3/t20-,23-/m1/s1. The molecule has 0 bridgehead atoms. The molecule has 0 unspecified atom stereocenters. The fourth-order valence-electron chi connectivity index (χ4n) is 3.86. The molecule has 0 saturated carbocycles. The predicted octanol–water partition coefficient (Wildman–Crippen LogP) is 5.38. The van der Waals surface area contributed by atoms with Crippen LogP contribution in [0, 0.1) is 6.92 Å². The zero-order valence-electron chi connectivity index (χ0n) is 16.3. The van der Waals surface area contributed by atoms with E-state index in [2.05, 4.69) is 6.58 Å². The van der Waals surface area contributed by atoms with Crippen LogP contribution < -0.4 is 4.31 Å². The quantitative estimate of drug-likeness (QED) is 0.398. The first-order chi connectivity index (χ1) is 14.3. The first-order valence-corrected chi connectivity index (χ1v) is 11.3. The van der Waals surface area contributed by atoms with Crippen LogP contribution in [0.5, 0.6) is 0 Å². The second kappa shape index (κ2) is 7.74. The van der Waals surface area contributed by atoms with Crippen LogP contribution in [0.4, 0.5) is 5.69 Å². The maximum atomic E-state index is 13.7. The van der Waals surface area contributed by atoms with Gasteiger partial charge >= 0.3 is 0 Å². The lowest BCUT2D eigenvalue weighted by atomic mass is 9.90. The number of Topliss-reactive ketones (excluding diaryl/α,β-unsaturated/α-hetero) is 1. The Balaban J connectivity index is 1.94. The van der Waals surface area contributed by atoms with Crippen molar-refractivity contribution in [2.75, 3.05) is 4.31 Å². The van der Waals surface area contributed by atoms with Gasteiger partial charge in [-0.2, -0.15) is 0 Å². The van der Waals surface area contributed by atoms with Crippen molar-refractivity contribution in [2.45, 2.75) is 23.8 Å². The molecule has 4 rings (SSSR count). The minimum absolute atomic E-state index is 0.120. The van der Waals surface area contributed by atoms with Crippen molar-refractivity contribution in [2.24, 2.45) is 0 Å². The minimum atomic E-state index is -4.02. The molecule has 0 aromatic heterocycles. The van der Waals surface area contributed by atoms with Crippen molar-refractivity contribution in [1.29, 1.82) is 0 Å². The topological polar surface area (TPSA) is 54.5 Å². The van der Waals surface area contributed by atoms with Gasteiger partial charge in [0, 0.05) is 16.5 Å². The number of hydrogen-bond acceptors (Lipinski definition) is 3. The Morgan fingerprint density at radius 2 is 1.70 bits per heavy atom. The second-order valence-electron chi connectivity index (χ2n) is 7.25. The number of benzene rings is 3. The van der Waals surface area contributed by atoms with E-state index < -0.39 is 22.0 Å². The predicted molar refractivity (Wildman–Crippen MR) is 120 cm³/mol. The van der Waals surface area contributed by atoms with Crippen molar-refractivity contribution in [3.63, 3.8) is 0 Å². The summed E-state index contributed by atoms with van der Waals surface area (Å²) >= 11 is 6.21. The van der Waals surface area contributed by atoms with E-state index in [1.54, 1.807) is 72.8 Å². The molecule has 0 amide bonds. The molecule has 0 aliphatic carbocycles. The van der Waals surface area contributed by atoms with E-state index in [9.17, 15) is 13.2 Å². The number of rotatable bonds is 5. The molecule has 0 N–H and O–H groups in total. The third kappa shape index (κ3) is 3.34. The number of fused-ring (bicyclic) bond motifs is 1. The summed E-state index contributed by atoms with van der Waals surface area (Å²) in [5, 5.41) is 0.397. The molecule has 30 heavy (non-hydrogen) atoms. The third-order valence-electron chi connectivity index (χ3n) is 5.34. The van der Waals surface area contributed by atoms with Gasteiger partial charge in [0.05, 0.1) is 10.6 Å². The van der Waals surface area contributed by atoms with Crippen LogP contribution >= 0.6 is 11.6 Å². The van der Waals surface area contributed by atoms with Crippen molar-refractivity contribution in [3.8, 4) is 0 Å². The molecule has 152 valence electrons. The van der Waals surface area contributed by atoms with Crippen molar-refractivity contribution in [3.05, 3.63) is 107 Å². The number of halogens is 1. The molecule has 0 radical (unpaired) electrons. The van der Waals surface area contributed by atoms with Crippen molar-refractivity contribution < 1.29 is 13.2 Å². The highest BCUT2D eigenvalue weighted by Gasteiger charge is 2.47. The molecule has 1 aliphatic rings. The van der Waals surface area contributed by atoms with Crippen LogP contribution in [0.2, 0.25) is 5.02 Å². The number of carbonyl (C=O) groups excluding carboxylic acids is 1. The summed E-state index contributed by atoms with van der Waals surface area (Å²) < 4.78 is 28.7. The van der Waals surface area contributed by atoms with Gasteiger partial charge in [-0.3, -0.25) is 9.10 Å². The normalized spacial score (nSPS) is 18.1. The highest BCUT2D eigenvalue weighted by Crippen LogP contribution is 2.46. The molecule has 2 atom stereocenters. The van der Waals surface area contributed by atoms with E-state index in [0.29, 0.717) is 21.8 Å². The first-order valence-electron chi connectivity index (χ1n) is 9.47. The lowest BCUT2D eigenvalue weighted by Crippen LogP contribution is -2.44. The van der Waals surface area contributed by atoms with Gasteiger partial charge in [0.2, 0.25) is 0 Å². The van der Waals surface area contributed by atoms with Gasteiger partial charge in [-0.25, -0.2) is 8.42 Å². The summed E-state index contributed by atoms with van der Waals surface area (Å²) in [6.07, 6.45) is 1.63. The maximum Gasteiger partial charge on any atom is 0.265 e. The van der Waals surface area contributed by atoms with Gasteiger partial charge in [-0.05, 0) is 36.8 Å². The average molecular weight is 438 g/mol. The van der Waals surface area contributed by atoms with Crippen LogP contribution in [0.15, 0.2) is 90.3 Å². The molecule has 0 fully saturated rings. The number of anilines is 1. The summed E-state index contributed by atoms with van der Waals surface area (Å²) in [6, 6.07) is 19.4. The monoisotopic (exact) mass is 437 g/mol. The van der Waals surface area contributed by atoms with Gasteiger partial charge in [0.1, 0.15) is 6.04 Å². The largest absolute Gasteiger partial charge is 0.292 e. The number of ketones is 1. The average Bonchev–Trinajstić information content (AvgIpc) is 3.08. The zero-order valence-corrected chi connectivity index (χ0v) is 17.9. The number of sulfonamides is 1. The summed E-state index contributed by atoms with van der Waals surface area (Å²) in [6.45, 7) is 5.77. The smallest absolute Gasteiger partial charge is 0.265 e. The van der Waals surface area contributed by atoms with Gasteiger partial charge in [-0.15, -0.1) is 6.58 Å². The Morgan fingerprint density at radius 3 is 2.33 bits per heavy atom. The highest BCUT2D eigenvalue weighted by atomic mass is 35.5. The lowest BCUT2D eigenvalue weighted by Gasteiger charge is -2.28. The van der Waals surface area contributed by atoms with E-state index in [0.717, 1.165) is 5.56 Å². The highest BCUT2D eigenvalue weighted by molar-refractivity contribution is 7.93. The number of carbonyl (C=O) groups is 1. The van der Waals surface area contributed by atoms with Crippen LogP contribution in [0.3, 0.4) is 0 Å². The first kappa shape index (κ1) is 20.4. The Morgan fingerprint density at radius 1 is 1.03 bits per heavy atom.